The lowest BCUT2D eigenvalue weighted by atomic mass is 9.78. The molecule has 2 heterocycles. The number of likely N-dealkylation sites (tertiary alicyclic amines) is 1. The third-order valence-electron chi connectivity index (χ3n) is 6.56. The quantitative estimate of drug-likeness (QED) is 0.593. The number of hydrogen-bond acceptors (Lipinski definition) is 6. The number of piperidine rings is 1. The van der Waals surface area contributed by atoms with Crippen LogP contribution in [0.15, 0.2) is 23.1 Å². The van der Waals surface area contributed by atoms with E-state index in [1.807, 2.05) is 0 Å². The third-order valence-corrected chi connectivity index (χ3v) is 8.06. The van der Waals surface area contributed by atoms with Gasteiger partial charge in [-0.15, -0.1) is 0 Å². The maximum atomic E-state index is 13.7. The number of carbonyl (C=O) groups excluding carboxylic acids is 1. The van der Waals surface area contributed by atoms with E-state index in [0.29, 0.717) is 18.9 Å². The molecule has 3 rings (SSSR count). The maximum Gasteiger partial charge on any atom is 0.494 e. The van der Waals surface area contributed by atoms with Crippen LogP contribution >= 0.6 is 0 Å². The molecule has 1 amide bonds. The summed E-state index contributed by atoms with van der Waals surface area (Å²) in [4.78, 5) is 13.2. The van der Waals surface area contributed by atoms with Crippen molar-refractivity contribution >= 4 is 28.7 Å². The minimum Gasteiger partial charge on any atom is -0.444 e. The Kier molecular flexibility index (Phi) is 7.57. The number of hydrogen-bond donors (Lipinski definition) is 1. The summed E-state index contributed by atoms with van der Waals surface area (Å²) < 4.78 is 86.8. The van der Waals surface area contributed by atoms with Crippen molar-refractivity contribution in [3.63, 3.8) is 0 Å². The minimum atomic E-state index is -4.78. The summed E-state index contributed by atoms with van der Waals surface area (Å²) in [6.45, 7) is 12.8. The molecule has 1 aromatic rings. The van der Waals surface area contributed by atoms with Gasteiger partial charge in [0.05, 0.1) is 21.7 Å². The highest BCUT2D eigenvalue weighted by Gasteiger charge is 2.52. The zero-order valence-corrected chi connectivity index (χ0v) is 22.5. The number of nitrogens with zero attached hydrogens (tertiary/aromatic N) is 1. The van der Waals surface area contributed by atoms with Gasteiger partial charge >= 0.3 is 19.4 Å². The molecule has 8 nitrogen and oxygen atoms in total. The summed E-state index contributed by atoms with van der Waals surface area (Å²) >= 11 is 0. The molecule has 2 aliphatic rings. The molecule has 2 fully saturated rings. The number of carbonyl (C=O) groups is 1. The Morgan fingerprint density at radius 1 is 1.06 bits per heavy atom. The first-order chi connectivity index (χ1) is 16.2. The van der Waals surface area contributed by atoms with Crippen molar-refractivity contribution in [2.24, 2.45) is 0 Å². The molecule has 0 bridgehead atoms. The van der Waals surface area contributed by atoms with Crippen molar-refractivity contribution in [3.05, 3.63) is 23.8 Å². The third kappa shape index (κ3) is 6.53. The van der Waals surface area contributed by atoms with Gasteiger partial charge in [0.2, 0.25) is 10.0 Å². The molecule has 0 aromatic heterocycles. The van der Waals surface area contributed by atoms with Crippen LogP contribution in [0.2, 0.25) is 0 Å². The Morgan fingerprint density at radius 2 is 1.58 bits per heavy atom. The second-order valence-corrected chi connectivity index (χ2v) is 13.0. The van der Waals surface area contributed by atoms with Gasteiger partial charge in [0.1, 0.15) is 5.60 Å². The predicted octanol–water partition coefficient (Wildman–Crippen LogP) is 3.68. The molecular weight excluding hydrogens is 500 g/mol. The van der Waals surface area contributed by atoms with E-state index in [9.17, 15) is 26.4 Å². The number of sulfonamides is 1. The van der Waals surface area contributed by atoms with E-state index in [1.54, 1.807) is 48.5 Å². The summed E-state index contributed by atoms with van der Waals surface area (Å²) in [6, 6.07) is 2.05. The topological polar surface area (TPSA) is 94.2 Å². The highest BCUT2D eigenvalue weighted by molar-refractivity contribution is 7.89. The molecule has 0 radical (unpaired) electrons. The predicted molar refractivity (Wildman–Crippen MR) is 128 cm³/mol. The minimum absolute atomic E-state index is 0.0383. The van der Waals surface area contributed by atoms with Crippen LogP contribution < -0.4 is 10.2 Å². The monoisotopic (exact) mass is 534 g/mol. The molecule has 1 aromatic carbocycles. The number of alkyl halides is 3. The number of ether oxygens (including phenoxy) is 1. The molecule has 0 spiro atoms. The Morgan fingerprint density at radius 3 is 2.06 bits per heavy atom. The van der Waals surface area contributed by atoms with Gasteiger partial charge in [-0.2, -0.15) is 13.2 Å². The molecule has 0 saturated carbocycles. The first kappa shape index (κ1) is 28.7. The highest BCUT2D eigenvalue weighted by atomic mass is 32.2. The maximum absolute atomic E-state index is 13.7. The summed E-state index contributed by atoms with van der Waals surface area (Å²) in [7, 11) is -5.48. The Hall–Kier alpha value is -1.83. The van der Waals surface area contributed by atoms with E-state index < -0.39 is 62.7 Å². The summed E-state index contributed by atoms with van der Waals surface area (Å²) in [5.41, 5.74) is -3.44. The molecular formula is C23H34BF3N2O6S. The molecule has 0 atom stereocenters. The fourth-order valence-electron chi connectivity index (χ4n) is 3.85. The van der Waals surface area contributed by atoms with Gasteiger partial charge < -0.3 is 18.9 Å². The van der Waals surface area contributed by atoms with Crippen molar-refractivity contribution < 1.29 is 40.4 Å². The van der Waals surface area contributed by atoms with Gasteiger partial charge in [-0.3, -0.25) is 0 Å². The van der Waals surface area contributed by atoms with E-state index in [1.165, 1.54) is 4.90 Å². The molecule has 13 heteroatoms. The van der Waals surface area contributed by atoms with Crippen molar-refractivity contribution in [2.45, 2.75) is 95.2 Å². The second kappa shape index (κ2) is 9.48. The molecule has 202 valence electrons. The fourth-order valence-corrected chi connectivity index (χ4v) is 5.23. The van der Waals surface area contributed by atoms with Gasteiger partial charge in [0, 0.05) is 19.1 Å². The Balaban J connectivity index is 1.80. The van der Waals surface area contributed by atoms with E-state index in [4.69, 9.17) is 14.0 Å². The number of halogens is 3. The molecule has 36 heavy (non-hydrogen) atoms. The van der Waals surface area contributed by atoms with Gasteiger partial charge in [-0.05, 0) is 78.9 Å². The Labute approximate surface area is 211 Å². The zero-order chi connectivity index (χ0) is 27.3. The normalized spacial score (nSPS) is 21.1. The van der Waals surface area contributed by atoms with Crippen LogP contribution in [0.1, 0.15) is 66.9 Å². The van der Waals surface area contributed by atoms with Crippen molar-refractivity contribution in [3.8, 4) is 0 Å². The number of nitrogens with one attached hydrogen (secondary N) is 1. The van der Waals surface area contributed by atoms with Gasteiger partial charge in [0.25, 0.3) is 0 Å². The van der Waals surface area contributed by atoms with E-state index in [-0.39, 0.29) is 18.6 Å². The second-order valence-electron chi connectivity index (χ2n) is 11.2. The van der Waals surface area contributed by atoms with Crippen molar-refractivity contribution in [1.82, 2.24) is 9.62 Å². The van der Waals surface area contributed by atoms with Crippen molar-refractivity contribution in [1.29, 1.82) is 0 Å². The van der Waals surface area contributed by atoms with Crippen LogP contribution in [0.4, 0.5) is 18.0 Å². The number of benzene rings is 1. The van der Waals surface area contributed by atoms with Crippen LogP contribution in [-0.2, 0) is 30.2 Å². The molecule has 1 N–H and O–H groups in total. The van der Waals surface area contributed by atoms with Gasteiger partial charge in [0.15, 0.2) is 0 Å². The fraction of sp³-hybridized carbons (Fsp3) is 0.696. The van der Waals surface area contributed by atoms with E-state index in [0.717, 1.165) is 12.1 Å². The first-order valence-electron chi connectivity index (χ1n) is 11.8. The van der Waals surface area contributed by atoms with Crippen LogP contribution in [-0.4, -0.2) is 62.5 Å². The largest absolute Gasteiger partial charge is 0.494 e. The highest BCUT2D eigenvalue weighted by Crippen LogP contribution is 2.37. The summed E-state index contributed by atoms with van der Waals surface area (Å²) in [5.74, 6) is 0. The molecule has 2 aliphatic heterocycles. The van der Waals surface area contributed by atoms with Crippen LogP contribution in [0.5, 0.6) is 0 Å². The SMILES string of the molecule is CC(C)(C)OC(=O)N1CCC(NS(=O)(=O)c2cc(B3OC(C)(C)C(C)(C)O3)cc(C(F)(F)F)c2)CC1. The molecule has 0 unspecified atom stereocenters. The number of amides is 1. The zero-order valence-electron chi connectivity index (χ0n) is 21.7. The smallest absolute Gasteiger partial charge is 0.444 e. The van der Waals surface area contributed by atoms with Crippen LogP contribution in [0, 0.1) is 0 Å². The molecule has 0 aliphatic carbocycles. The molecule has 2 saturated heterocycles. The van der Waals surface area contributed by atoms with E-state index >= 15 is 0 Å². The van der Waals surface area contributed by atoms with Crippen LogP contribution in [0.25, 0.3) is 0 Å². The average Bonchev–Trinajstić information content (AvgIpc) is 2.93. The lowest BCUT2D eigenvalue weighted by Gasteiger charge is -2.33. The van der Waals surface area contributed by atoms with Crippen molar-refractivity contribution in [2.75, 3.05) is 13.1 Å². The van der Waals surface area contributed by atoms with E-state index in [2.05, 4.69) is 4.72 Å². The summed E-state index contributed by atoms with van der Waals surface area (Å²) in [6.07, 6.45) is -4.68. The van der Waals surface area contributed by atoms with Gasteiger partial charge in [-0.25, -0.2) is 17.9 Å². The first-order valence-corrected chi connectivity index (χ1v) is 13.3. The summed E-state index contributed by atoms with van der Waals surface area (Å²) in [5, 5.41) is 0. The lowest BCUT2D eigenvalue weighted by Crippen LogP contribution is -2.47. The average molecular weight is 534 g/mol. The lowest BCUT2D eigenvalue weighted by molar-refractivity contribution is -0.137. The number of rotatable bonds is 4. The Bertz CT molecular complexity index is 1080. The standard InChI is InChI=1S/C23H34BF3N2O6S/c1-20(2,3)33-19(30)29-10-8-17(9-11-29)28-36(31,32)18-13-15(23(25,26)27)12-16(14-18)24-34-21(4,5)22(6,7)35-24/h12-14,17,28H,8-11H2,1-7H3. The van der Waals surface area contributed by atoms with Gasteiger partial charge in [-0.1, -0.05) is 6.07 Å². The van der Waals surface area contributed by atoms with Crippen LogP contribution in [0.3, 0.4) is 0 Å².